The van der Waals surface area contributed by atoms with Crippen LogP contribution in [0.15, 0.2) is 0 Å². The van der Waals surface area contributed by atoms with E-state index in [-0.39, 0.29) is 0 Å². The summed E-state index contributed by atoms with van der Waals surface area (Å²) in [4.78, 5) is 8.20. The normalized spacial score (nSPS) is 29.5. The average molecular weight is 336 g/mol. The maximum absolute atomic E-state index is 2.83. The Balaban J connectivity index is 1.41. The summed E-state index contributed by atoms with van der Waals surface area (Å²) >= 11 is 0. The molecule has 140 valence electrons. The second kappa shape index (κ2) is 8.05. The van der Waals surface area contributed by atoms with Gasteiger partial charge in [-0.05, 0) is 69.7 Å². The molecule has 0 radical (unpaired) electrons. The number of piperazine rings is 1. The maximum Gasteiger partial charge on any atom is 0.0113 e. The Hall–Kier alpha value is -0.120. The van der Waals surface area contributed by atoms with Gasteiger partial charge in [0.15, 0.2) is 0 Å². The molecule has 0 aromatic rings. The molecule has 0 amide bonds. The molecule has 1 atom stereocenters. The fourth-order valence-electron chi connectivity index (χ4n) is 5.22. The highest BCUT2D eigenvalue weighted by Gasteiger charge is 2.44. The summed E-state index contributed by atoms with van der Waals surface area (Å²) in [7, 11) is 0. The van der Waals surface area contributed by atoms with Gasteiger partial charge >= 0.3 is 0 Å². The van der Waals surface area contributed by atoms with Crippen LogP contribution in [0.2, 0.25) is 0 Å². The van der Waals surface area contributed by atoms with Crippen LogP contribution < -0.4 is 0 Å². The largest absolute Gasteiger partial charge is 0.302 e. The van der Waals surface area contributed by atoms with Crippen LogP contribution in [0.5, 0.6) is 0 Å². The third kappa shape index (κ3) is 5.19. The van der Waals surface area contributed by atoms with Crippen LogP contribution in [0, 0.1) is 17.3 Å². The highest BCUT2D eigenvalue weighted by Crippen LogP contribution is 2.51. The molecule has 2 aliphatic heterocycles. The number of nitrogens with zero attached hydrogens (tertiary/aromatic N) is 3. The van der Waals surface area contributed by atoms with Gasteiger partial charge in [-0.1, -0.05) is 13.8 Å². The van der Waals surface area contributed by atoms with E-state index in [4.69, 9.17) is 0 Å². The Bertz CT molecular complexity index is 381. The molecule has 3 nitrogen and oxygen atoms in total. The topological polar surface area (TPSA) is 9.72 Å². The first-order chi connectivity index (χ1) is 11.5. The van der Waals surface area contributed by atoms with Crippen molar-refractivity contribution in [3.63, 3.8) is 0 Å². The van der Waals surface area contributed by atoms with Crippen LogP contribution in [0.1, 0.15) is 59.8 Å². The first kappa shape index (κ1) is 18.7. The average Bonchev–Trinajstić information content (AvgIpc) is 3.26. The van der Waals surface area contributed by atoms with Gasteiger partial charge in [0, 0.05) is 51.9 Å². The molecule has 2 saturated heterocycles. The Labute approximate surface area is 150 Å². The molecular formula is C21H41N3. The van der Waals surface area contributed by atoms with Gasteiger partial charge in [-0.2, -0.15) is 0 Å². The second-order valence-corrected chi connectivity index (χ2v) is 9.77. The van der Waals surface area contributed by atoms with Crippen LogP contribution in [0.25, 0.3) is 0 Å². The fraction of sp³-hybridized carbons (Fsp3) is 1.00. The number of hydrogen-bond donors (Lipinski definition) is 0. The van der Waals surface area contributed by atoms with Gasteiger partial charge in [0.05, 0.1) is 0 Å². The van der Waals surface area contributed by atoms with Crippen molar-refractivity contribution in [1.82, 2.24) is 14.7 Å². The van der Waals surface area contributed by atoms with E-state index in [1.807, 2.05) is 0 Å². The van der Waals surface area contributed by atoms with Gasteiger partial charge in [-0.3, -0.25) is 4.90 Å². The molecule has 1 saturated carbocycles. The zero-order valence-corrected chi connectivity index (χ0v) is 16.8. The first-order valence-corrected chi connectivity index (χ1v) is 10.6. The molecule has 0 aromatic carbocycles. The van der Waals surface area contributed by atoms with Crippen molar-refractivity contribution in [2.45, 2.75) is 65.8 Å². The van der Waals surface area contributed by atoms with Crippen molar-refractivity contribution >= 4 is 0 Å². The lowest BCUT2D eigenvalue weighted by atomic mass is 9.91. The van der Waals surface area contributed by atoms with Crippen molar-refractivity contribution in [3.05, 3.63) is 0 Å². The number of rotatable bonds is 7. The van der Waals surface area contributed by atoms with Crippen molar-refractivity contribution in [2.24, 2.45) is 17.3 Å². The van der Waals surface area contributed by atoms with E-state index in [9.17, 15) is 0 Å². The van der Waals surface area contributed by atoms with Gasteiger partial charge in [-0.25, -0.2) is 0 Å². The Kier molecular flexibility index (Phi) is 6.26. The van der Waals surface area contributed by atoms with Gasteiger partial charge in [0.1, 0.15) is 0 Å². The first-order valence-electron chi connectivity index (χ1n) is 10.6. The van der Waals surface area contributed by atoms with Gasteiger partial charge in [-0.15, -0.1) is 0 Å². The zero-order chi connectivity index (χ0) is 17.2. The van der Waals surface area contributed by atoms with Crippen LogP contribution in [0.3, 0.4) is 0 Å². The monoisotopic (exact) mass is 335 g/mol. The summed E-state index contributed by atoms with van der Waals surface area (Å²) < 4.78 is 0. The van der Waals surface area contributed by atoms with Gasteiger partial charge in [0.2, 0.25) is 0 Å². The molecule has 0 N–H and O–H groups in total. The SMILES string of the molecule is CC(C)CC1(CN2CCC[C@@H](CN3CCN(C(C)C)CC3)C2)CC1. The highest BCUT2D eigenvalue weighted by atomic mass is 15.3. The minimum atomic E-state index is 0.707. The Morgan fingerprint density at radius 3 is 2.21 bits per heavy atom. The van der Waals surface area contributed by atoms with E-state index in [0.717, 1.165) is 11.8 Å². The van der Waals surface area contributed by atoms with E-state index >= 15 is 0 Å². The predicted molar refractivity (Wildman–Crippen MR) is 103 cm³/mol. The van der Waals surface area contributed by atoms with E-state index < -0.39 is 0 Å². The Morgan fingerprint density at radius 1 is 0.917 bits per heavy atom. The quantitative estimate of drug-likeness (QED) is 0.704. The van der Waals surface area contributed by atoms with Crippen molar-refractivity contribution in [1.29, 1.82) is 0 Å². The zero-order valence-electron chi connectivity index (χ0n) is 16.8. The van der Waals surface area contributed by atoms with E-state index in [1.165, 1.54) is 84.5 Å². The lowest BCUT2D eigenvalue weighted by Crippen LogP contribution is -2.51. The van der Waals surface area contributed by atoms with Crippen LogP contribution >= 0.6 is 0 Å². The van der Waals surface area contributed by atoms with E-state index in [0.29, 0.717) is 11.5 Å². The smallest absolute Gasteiger partial charge is 0.0113 e. The van der Waals surface area contributed by atoms with Gasteiger partial charge < -0.3 is 9.80 Å². The molecule has 0 aromatic heterocycles. The summed E-state index contributed by atoms with van der Waals surface area (Å²) in [6.45, 7) is 20.0. The molecule has 1 aliphatic carbocycles. The standard InChI is InChI=1S/C21H41N3/c1-18(2)14-21(7-8-21)17-23-9-5-6-20(16-23)15-22-10-12-24(13-11-22)19(3)4/h18-20H,5-17H2,1-4H3/t20-/m0/s1. The molecule has 3 aliphatic rings. The number of likely N-dealkylation sites (tertiary alicyclic amines) is 1. The molecule has 24 heavy (non-hydrogen) atoms. The van der Waals surface area contributed by atoms with E-state index in [2.05, 4.69) is 42.4 Å². The Morgan fingerprint density at radius 2 is 1.62 bits per heavy atom. The van der Waals surface area contributed by atoms with E-state index in [1.54, 1.807) is 0 Å². The molecule has 0 unspecified atom stereocenters. The summed E-state index contributed by atoms with van der Waals surface area (Å²) in [6.07, 6.45) is 7.31. The van der Waals surface area contributed by atoms with Gasteiger partial charge in [0.25, 0.3) is 0 Å². The number of piperidine rings is 1. The van der Waals surface area contributed by atoms with Crippen LogP contribution in [0.4, 0.5) is 0 Å². The van der Waals surface area contributed by atoms with Crippen LogP contribution in [-0.4, -0.2) is 73.1 Å². The molecule has 2 heterocycles. The lowest BCUT2D eigenvalue weighted by Gasteiger charge is -2.41. The van der Waals surface area contributed by atoms with Crippen molar-refractivity contribution in [2.75, 3.05) is 52.4 Å². The lowest BCUT2D eigenvalue weighted by molar-refractivity contribution is 0.0705. The van der Waals surface area contributed by atoms with Crippen molar-refractivity contribution in [3.8, 4) is 0 Å². The summed E-state index contributed by atoms with van der Waals surface area (Å²) in [5, 5.41) is 0. The third-order valence-corrected chi connectivity index (χ3v) is 6.61. The second-order valence-electron chi connectivity index (χ2n) is 9.77. The fourth-order valence-corrected chi connectivity index (χ4v) is 5.22. The maximum atomic E-state index is 2.83. The molecule has 0 spiro atoms. The minimum Gasteiger partial charge on any atom is -0.302 e. The minimum absolute atomic E-state index is 0.707. The molecular weight excluding hydrogens is 294 g/mol. The molecule has 3 rings (SSSR count). The summed E-state index contributed by atoms with van der Waals surface area (Å²) in [5.41, 5.74) is 0.707. The highest BCUT2D eigenvalue weighted by molar-refractivity contribution is 4.97. The molecule has 0 bridgehead atoms. The number of hydrogen-bond acceptors (Lipinski definition) is 3. The van der Waals surface area contributed by atoms with Crippen molar-refractivity contribution < 1.29 is 0 Å². The molecule has 3 heteroatoms. The summed E-state index contributed by atoms with van der Waals surface area (Å²) in [5.74, 6) is 1.78. The summed E-state index contributed by atoms with van der Waals surface area (Å²) in [6, 6.07) is 0.716. The molecule has 3 fully saturated rings. The predicted octanol–water partition coefficient (Wildman–Crippen LogP) is 3.55. The van der Waals surface area contributed by atoms with Crippen LogP contribution in [-0.2, 0) is 0 Å². The third-order valence-electron chi connectivity index (χ3n) is 6.61.